The van der Waals surface area contributed by atoms with Gasteiger partial charge in [0, 0.05) is 24.9 Å². The Morgan fingerprint density at radius 3 is 2.70 bits per heavy atom. The second kappa shape index (κ2) is 8.90. The minimum atomic E-state index is -1.10. The highest BCUT2D eigenvalue weighted by Gasteiger charge is 2.20. The highest BCUT2D eigenvalue weighted by Crippen LogP contribution is 2.17. The van der Waals surface area contributed by atoms with Gasteiger partial charge in [-0.05, 0) is 25.1 Å². The topological polar surface area (TPSA) is 128 Å². The number of nitrogens with one attached hydrogen (secondary N) is 1. The summed E-state index contributed by atoms with van der Waals surface area (Å²) in [5.41, 5.74) is 0.0637. The number of non-ortho nitro benzene ring substituents is 1. The molecule has 2 aromatic rings. The van der Waals surface area contributed by atoms with Crippen LogP contribution in [0.3, 0.4) is 0 Å². The summed E-state index contributed by atoms with van der Waals surface area (Å²) in [5, 5.41) is 20.9. The number of rotatable bonds is 7. The van der Waals surface area contributed by atoms with Crippen molar-refractivity contribution in [2.24, 2.45) is 0 Å². The van der Waals surface area contributed by atoms with Gasteiger partial charge >= 0.3 is 5.97 Å². The Hall–Kier alpha value is -3.27. The van der Waals surface area contributed by atoms with Gasteiger partial charge in [0.2, 0.25) is 0 Å². The Morgan fingerprint density at radius 2 is 2.07 bits per heavy atom. The van der Waals surface area contributed by atoms with Crippen LogP contribution in [0.1, 0.15) is 6.92 Å². The average molecular weight is 394 g/mol. The van der Waals surface area contributed by atoms with Gasteiger partial charge in [-0.25, -0.2) is 0 Å². The molecule has 11 heteroatoms. The molecule has 1 unspecified atom stereocenters. The normalized spacial score (nSPS) is 11.4. The second-order valence-electron chi connectivity index (χ2n) is 5.50. The zero-order valence-corrected chi connectivity index (χ0v) is 15.2. The summed E-state index contributed by atoms with van der Waals surface area (Å²) in [6.07, 6.45) is -1.10. The number of benzene rings is 1. The number of aromatic nitrogens is 2. The van der Waals surface area contributed by atoms with Crippen LogP contribution in [-0.4, -0.2) is 46.7 Å². The number of ether oxygens (including phenoxy) is 1. The summed E-state index contributed by atoms with van der Waals surface area (Å²) < 4.78 is 5.08. The third-order valence-corrected chi connectivity index (χ3v) is 3.58. The van der Waals surface area contributed by atoms with E-state index in [1.807, 2.05) is 0 Å². The third kappa shape index (κ3) is 5.89. The van der Waals surface area contributed by atoms with Gasteiger partial charge in [-0.15, -0.1) is 10.2 Å². The van der Waals surface area contributed by atoms with Crippen molar-refractivity contribution < 1.29 is 19.2 Å². The lowest BCUT2D eigenvalue weighted by Crippen LogP contribution is -2.34. The monoisotopic (exact) mass is 393 g/mol. The van der Waals surface area contributed by atoms with Crippen molar-refractivity contribution >= 4 is 40.7 Å². The van der Waals surface area contributed by atoms with Crippen molar-refractivity contribution in [3.63, 3.8) is 0 Å². The molecule has 0 fully saturated rings. The van der Waals surface area contributed by atoms with Gasteiger partial charge in [0.1, 0.15) is 6.54 Å². The molecule has 0 aliphatic carbocycles. The number of nitro groups is 1. The minimum absolute atomic E-state index is 0.162. The fraction of sp³-hybridized carbons (Fsp3) is 0.250. The average Bonchev–Trinajstić information content (AvgIpc) is 2.62. The number of hydrogen-bond donors (Lipinski definition) is 1. The highest BCUT2D eigenvalue weighted by atomic mass is 35.5. The number of carbonyl (C=O) groups excluding carboxylic acids is 2. The minimum Gasteiger partial charge on any atom is -0.451 e. The van der Waals surface area contributed by atoms with Gasteiger partial charge in [-0.1, -0.05) is 17.7 Å². The van der Waals surface area contributed by atoms with Gasteiger partial charge in [0.25, 0.3) is 11.6 Å². The van der Waals surface area contributed by atoms with Crippen LogP contribution in [0.25, 0.3) is 0 Å². The molecule has 1 atom stereocenters. The van der Waals surface area contributed by atoms with E-state index >= 15 is 0 Å². The van der Waals surface area contributed by atoms with Gasteiger partial charge in [-0.2, -0.15) is 0 Å². The summed E-state index contributed by atoms with van der Waals surface area (Å²) in [5.74, 6) is -0.862. The van der Waals surface area contributed by atoms with Crippen LogP contribution < -0.4 is 10.2 Å². The number of amides is 1. The lowest BCUT2D eigenvalue weighted by Gasteiger charge is -2.18. The molecule has 2 rings (SSSR count). The van der Waals surface area contributed by atoms with Crippen molar-refractivity contribution in [3.8, 4) is 0 Å². The molecule has 1 aromatic carbocycles. The summed E-state index contributed by atoms with van der Waals surface area (Å²) in [6, 6.07) is 8.55. The molecule has 0 radical (unpaired) electrons. The number of hydrogen-bond acceptors (Lipinski definition) is 8. The maximum Gasteiger partial charge on any atom is 0.326 e. The molecular weight excluding hydrogens is 378 g/mol. The smallest absolute Gasteiger partial charge is 0.326 e. The predicted molar refractivity (Wildman–Crippen MR) is 97.6 cm³/mol. The number of nitrogens with zero attached hydrogens (tertiary/aromatic N) is 4. The van der Waals surface area contributed by atoms with Crippen LogP contribution in [0.15, 0.2) is 36.4 Å². The van der Waals surface area contributed by atoms with E-state index in [0.29, 0.717) is 5.82 Å². The zero-order chi connectivity index (χ0) is 20.0. The van der Waals surface area contributed by atoms with Crippen LogP contribution in [0.5, 0.6) is 0 Å². The molecule has 142 valence electrons. The number of carbonyl (C=O) groups is 2. The van der Waals surface area contributed by atoms with Crippen LogP contribution in [0.4, 0.5) is 17.2 Å². The van der Waals surface area contributed by atoms with Crippen molar-refractivity contribution in [2.75, 3.05) is 23.8 Å². The fourth-order valence-corrected chi connectivity index (χ4v) is 2.12. The molecule has 0 spiro atoms. The second-order valence-corrected chi connectivity index (χ2v) is 5.89. The van der Waals surface area contributed by atoms with Crippen molar-refractivity contribution in [1.82, 2.24) is 10.2 Å². The Balaban J connectivity index is 1.89. The summed E-state index contributed by atoms with van der Waals surface area (Å²) in [6.45, 7) is 1.23. The lowest BCUT2D eigenvalue weighted by atomic mass is 10.2. The lowest BCUT2D eigenvalue weighted by molar-refractivity contribution is -0.384. The predicted octanol–water partition coefficient (Wildman–Crippen LogP) is 2.04. The number of anilines is 2. The number of nitro benzene ring substituents is 1. The Labute approximate surface area is 159 Å². The quantitative estimate of drug-likeness (QED) is 0.430. The van der Waals surface area contributed by atoms with E-state index < -0.39 is 22.9 Å². The summed E-state index contributed by atoms with van der Waals surface area (Å²) >= 11 is 5.65. The first kappa shape index (κ1) is 20.0. The molecule has 1 amide bonds. The van der Waals surface area contributed by atoms with E-state index in [1.165, 1.54) is 42.2 Å². The maximum atomic E-state index is 12.1. The number of esters is 1. The SMILES string of the molecule is CC(OC(=O)CN(C)c1ccc(Cl)nn1)C(=O)Nc1cccc([N+](=O)[O-])c1. The highest BCUT2D eigenvalue weighted by molar-refractivity contribution is 6.29. The van der Waals surface area contributed by atoms with Gasteiger partial charge in [0.15, 0.2) is 17.1 Å². The van der Waals surface area contributed by atoms with E-state index in [0.717, 1.165) is 0 Å². The molecule has 27 heavy (non-hydrogen) atoms. The van der Waals surface area contributed by atoms with Crippen LogP contribution >= 0.6 is 11.6 Å². The van der Waals surface area contributed by atoms with E-state index in [1.54, 1.807) is 13.1 Å². The van der Waals surface area contributed by atoms with E-state index in [2.05, 4.69) is 15.5 Å². The first-order valence-corrected chi connectivity index (χ1v) is 8.09. The third-order valence-electron chi connectivity index (χ3n) is 3.38. The van der Waals surface area contributed by atoms with Crippen molar-refractivity contribution in [3.05, 3.63) is 51.7 Å². The van der Waals surface area contributed by atoms with Crippen LogP contribution in [-0.2, 0) is 14.3 Å². The summed E-state index contributed by atoms with van der Waals surface area (Å²) in [4.78, 5) is 35.8. The standard InChI is InChI=1S/C16H16ClN5O5/c1-10(16(24)18-11-4-3-5-12(8-11)22(25)26)27-15(23)9-21(2)14-7-6-13(17)19-20-14/h3-8,10H,9H2,1-2H3,(H,18,24). The molecule has 10 nitrogen and oxygen atoms in total. The molecule has 1 heterocycles. The molecule has 0 saturated heterocycles. The van der Waals surface area contributed by atoms with Crippen molar-refractivity contribution in [1.29, 1.82) is 0 Å². The molecular formula is C16H16ClN5O5. The first-order valence-electron chi connectivity index (χ1n) is 7.71. The molecule has 0 aliphatic rings. The molecule has 0 bridgehead atoms. The molecule has 1 aromatic heterocycles. The van der Waals surface area contributed by atoms with Gasteiger partial charge < -0.3 is 15.0 Å². The van der Waals surface area contributed by atoms with Gasteiger partial charge in [0.05, 0.1) is 4.92 Å². The van der Waals surface area contributed by atoms with E-state index in [9.17, 15) is 19.7 Å². The largest absolute Gasteiger partial charge is 0.451 e. The van der Waals surface area contributed by atoms with E-state index in [4.69, 9.17) is 16.3 Å². The number of likely N-dealkylation sites (N-methyl/N-ethyl adjacent to an activating group) is 1. The van der Waals surface area contributed by atoms with Crippen LogP contribution in [0, 0.1) is 10.1 Å². The fourth-order valence-electron chi connectivity index (χ4n) is 2.02. The van der Waals surface area contributed by atoms with Gasteiger partial charge in [-0.3, -0.25) is 19.7 Å². The molecule has 0 aliphatic heterocycles. The Bertz CT molecular complexity index is 845. The Kier molecular flexibility index (Phi) is 6.61. The Morgan fingerprint density at radius 1 is 1.33 bits per heavy atom. The molecule has 1 N–H and O–H groups in total. The van der Waals surface area contributed by atoms with Crippen molar-refractivity contribution in [2.45, 2.75) is 13.0 Å². The maximum absolute atomic E-state index is 12.1. The van der Waals surface area contributed by atoms with Crippen LogP contribution in [0.2, 0.25) is 5.15 Å². The van der Waals surface area contributed by atoms with E-state index in [-0.39, 0.29) is 23.1 Å². The first-order chi connectivity index (χ1) is 12.8. The zero-order valence-electron chi connectivity index (χ0n) is 14.5. The molecule has 0 saturated carbocycles. The summed E-state index contributed by atoms with van der Waals surface area (Å²) in [7, 11) is 1.60. The number of halogens is 1.